The van der Waals surface area contributed by atoms with Crippen LogP contribution in [-0.2, 0) is 12.7 Å². The molecular formula is C20H21F4N3O2. The maximum atomic E-state index is 13.5. The van der Waals surface area contributed by atoms with E-state index in [-0.39, 0.29) is 25.2 Å². The zero-order valence-electron chi connectivity index (χ0n) is 15.9. The van der Waals surface area contributed by atoms with E-state index in [9.17, 15) is 27.2 Å². The largest absolute Gasteiger partial charge is 0.416 e. The van der Waals surface area contributed by atoms with Gasteiger partial charge in [-0.2, -0.15) is 13.2 Å². The van der Waals surface area contributed by atoms with Crippen LogP contribution in [0.2, 0.25) is 0 Å². The van der Waals surface area contributed by atoms with Gasteiger partial charge in [0, 0.05) is 32.2 Å². The number of benzene rings is 2. The minimum absolute atomic E-state index is 0.124. The molecule has 0 saturated heterocycles. The fourth-order valence-electron chi connectivity index (χ4n) is 2.46. The molecule has 0 spiro atoms. The Morgan fingerprint density at radius 1 is 1.00 bits per heavy atom. The number of halogens is 4. The summed E-state index contributed by atoms with van der Waals surface area (Å²) in [6.45, 7) is 1.98. The molecule has 0 aromatic heterocycles. The first-order chi connectivity index (χ1) is 13.6. The molecule has 0 heterocycles. The number of hydrogen-bond acceptors (Lipinski definition) is 2. The number of amides is 3. The topological polar surface area (TPSA) is 61.4 Å². The smallest absolute Gasteiger partial charge is 0.350 e. The molecule has 0 aliphatic rings. The highest BCUT2D eigenvalue weighted by molar-refractivity contribution is 5.94. The maximum absolute atomic E-state index is 13.5. The highest BCUT2D eigenvalue weighted by Gasteiger charge is 2.29. The van der Waals surface area contributed by atoms with Gasteiger partial charge >= 0.3 is 12.2 Å². The Bertz CT molecular complexity index is 867. The van der Waals surface area contributed by atoms with Crippen LogP contribution in [0.4, 0.5) is 22.4 Å². The Labute approximate surface area is 165 Å². The lowest BCUT2D eigenvalue weighted by molar-refractivity contribution is -0.137. The van der Waals surface area contributed by atoms with Crippen molar-refractivity contribution in [3.05, 3.63) is 70.5 Å². The van der Waals surface area contributed by atoms with Crippen LogP contribution >= 0.6 is 0 Å². The van der Waals surface area contributed by atoms with Crippen molar-refractivity contribution < 1.29 is 27.2 Å². The van der Waals surface area contributed by atoms with E-state index >= 15 is 0 Å². The third-order valence-corrected chi connectivity index (χ3v) is 4.17. The lowest BCUT2D eigenvalue weighted by Gasteiger charge is -2.18. The molecule has 0 radical (unpaired) electrons. The summed E-state index contributed by atoms with van der Waals surface area (Å²) >= 11 is 0. The predicted molar refractivity (Wildman–Crippen MR) is 99.8 cm³/mol. The van der Waals surface area contributed by atoms with E-state index in [1.54, 1.807) is 6.92 Å². The lowest BCUT2D eigenvalue weighted by Crippen LogP contribution is -2.41. The van der Waals surface area contributed by atoms with E-state index in [1.165, 1.54) is 36.2 Å². The highest BCUT2D eigenvalue weighted by Crippen LogP contribution is 2.29. The molecule has 0 aliphatic carbocycles. The first-order valence-electron chi connectivity index (χ1n) is 8.77. The van der Waals surface area contributed by atoms with Crippen LogP contribution in [0.5, 0.6) is 0 Å². The molecule has 3 amide bonds. The minimum atomic E-state index is -4.41. The second-order valence-electron chi connectivity index (χ2n) is 6.50. The van der Waals surface area contributed by atoms with Crippen molar-refractivity contribution in [2.24, 2.45) is 0 Å². The number of carbonyl (C=O) groups excluding carboxylic acids is 2. The standard InChI is InChI=1S/C20H21F4N3O2/c1-13-3-6-15(11-17(13)21)18(28)25-9-10-26-19(29)27(2)12-14-4-7-16(8-5-14)20(22,23)24/h3-8,11H,9-10,12H2,1-2H3,(H,25,28)(H,26,29). The van der Waals surface area contributed by atoms with Gasteiger partial charge in [0.05, 0.1) is 5.56 Å². The van der Waals surface area contributed by atoms with Crippen molar-refractivity contribution in [2.75, 3.05) is 20.1 Å². The number of alkyl halides is 3. The van der Waals surface area contributed by atoms with Gasteiger partial charge < -0.3 is 15.5 Å². The summed E-state index contributed by atoms with van der Waals surface area (Å²) in [5, 5.41) is 5.15. The molecular weight excluding hydrogens is 390 g/mol. The predicted octanol–water partition coefficient (Wildman–Crippen LogP) is 3.72. The fourth-order valence-corrected chi connectivity index (χ4v) is 2.46. The first kappa shape index (κ1) is 22.2. The van der Waals surface area contributed by atoms with Crippen LogP contribution in [-0.4, -0.2) is 37.0 Å². The van der Waals surface area contributed by atoms with Crippen molar-refractivity contribution in [1.82, 2.24) is 15.5 Å². The van der Waals surface area contributed by atoms with Gasteiger partial charge in [0.1, 0.15) is 5.82 Å². The summed E-state index contributed by atoms with van der Waals surface area (Å²) in [4.78, 5) is 25.3. The number of urea groups is 1. The van der Waals surface area contributed by atoms with Crippen LogP contribution < -0.4 is 10.6 Å². The fraction of sp³-hybridized carbons (Fsp3) is 0.300. The molecule has 5 nitrogen and oxygen atoms in total. The summed E-state index contributed by atoms with van der Waals surface area (Å²) in [5.41, 5.74) is 0.409. The van der Waals surface area contributed by atoms with Gasteiger partial charge in [-0.15, -0.1) is 0 Å². The van der Waals surface area contributed by atoms with Crippen LogP contribution in [0.1, 0.15) is 27.0 Å². The van der Waals surface area contributed by atoms with Gasteiger partial charge in [0.2, 0.25) is 0 Å². The Hall–Kier alpha value is -3.10. The van der Waals surface area contributed by atoms with Crippen molar-refractivity contribution in [1.29, 1.82) is 0 Å². The van der Waals surface area contributed by atoms with E-state index < -0.39 is 29.5 Å². The van der Waals surface area contributed by atoms with Gasteiger partial charge in [0.25, 0.3) is 5.91 Å². The number of carbonyl (C=O) groups is 2. The third-order valence-electron chi connectivity index (χ3n) is 4.17. The molecule has 0 unspecified atom stereocenters. The summed E-state index contributed by atoms with van der Waals surface area (Å²) in [6.07, 6.45) is -4.41. The van der Waals surface area contributed by atoms with Crippen molar-refractivity contribution >= 4 is 11.9 Å². The molecule has 2 N–H and O–H groups in total. The van der Waals surface area contributed by atoms with Gasteiger partial charge in [-0.25, -0.2) is 9.18 Å². The Balaban J connectivity index is 1.75. The number of nitrogens with one attached hydrogen (secondary N) is 2. The van der Waals surface area contributed by atoms with E-state index in [0.29, 0.717) is 11.1 Å². The number of hydrogen-bond donors (Lipinski definition) is 2. The quantitative estimate of drug-likeness (QED) is 0.562. The van der Waals surface area contributed by atoms with Crippen molar-refractivity contribution in [3.63, 3.8) is 0 Å². The number of nitrogens with zero attached hydrogens (tertiary/aromatic N) is 1. The molecule has 0 bridgehead atoms. The third kappa shape index (κ3) is 6.48. The molecule has 0 fully saturated rings. The van der Waals surface area contributed by atoms with Gasteiger partial charge in [-0.1, -0.05) is 18.2 Å². The first-order valence-corrected chi connectivity index (χ1v) is 8.77. The van der Waals surface area contributed by atoms with Crippen LogP contribution in [0.15, 0.2) is 42.5 Å². The second-order valence-corrected chi connectivity index (χ2v) is 6.50. The summed E-state index contributed by atoms with van der Waals surface area (Å²) in [6, 6.07) is 8.25. The summed E-state index contributed by atoms with van der Waals surface area (Å²) in [5.74, 6) is -0.938. The van der Waals surface area contributed by atoms with E-state index in [0.717, 1.165) is 18.2 Å². The lowest BCUT2D eigenvalue weighted by atomic mass is 10.1. The van der Waals surface area contributed by atoms with Crippen molar-refractivity contribution in [2.45, 2.75) is 19.6 Å². The Kier molecular flexibility index (Phi) is 7.19. The Morgan fingerprint density at radius 3 is 2.21 bits per heavy atom. The molecule has 29 heavy (non-hydrogen) atoms. The Morgan fingerprint density at radius 2 is 1.62 bits per heavy atom. The van der Waals surface area contributed by atoms with Gasteiger partial charge in [-0.3, -0.25) is 4.79 Å². The molecule has 2 aromatic carbocycles. The minimum Gasteiger partial charge on any atom is -0.350 e. The number of rotatable bonds is 6. The second kappa shape index (κ2) is 9.40. The molecule has 9 heteroatoms. The average Bonchev–Trinajstić information content (AvgIpc) is 2.66. The zero-order chi connectivity index (χ0) is 21.6. The zero-order valence-corrected chi connectivity index (χ0v) is 15.9. The van der Waals surface area contributed by atoms with Gasteiger partial charge in [-0.05, 0) is 42.3 Å². The molecule has 156 valence electrons. The highest BCUT2D eigenvalue weighted by atomic mass is 19.4. The molecule has 2 rings (SSSR count). The monoisotopic (exact) mass is 411 g/mol. The average molecular weight is 411 g/mol. The summed E-state index contributed by atoms with van der Waals surface area (Å²) in [7, 11) is 1.50. The SMILES string of the molecule is Cc1ccc(C(=O)NCCNC(=O)N(C)Cc2ccc(C(F)(F)F)cc2)cc1F. The van der Waals surface area contributed by atoms with E-state index in [1.807, 2.05) is 0 Å². The van der Waals surface area contributed by atoms with E-state index in [2.05, 4.69) is 10.6 Å². The molecule has 0 atom stereocenters. The van der Waals surface area contributed by atoms with Crippen LogP contribution in [0.3, 0.4) is 0 Å². The van der Waals surface area contributed by atoms with Gasteiger partial charge in [0.15, 0.2) is 0 Å². The molecule has 2 aromatic rings. The van der Waals surface area contributed by atoms with Crippen LogP contribution in [0.25, 0.3) is 0 Å². The summed E-state index contributed by atoms with van der Waals surface area (Å²) < 4.78 is 51.2. The number of aryl methyl sites for hydroxylation is 1. The molecule has 0 saturated carbocycles. The van der Waals surface area contributed by atoms with Crippen LogP contribution in [0, 0.1) is 12.7 Å². The normalized spacial score (nSPS) is 11.1. The molecule has 0 aliphatic heterocycles. The van der Waals surface area contributed by atoms with Crippen molar-refractivity contribution in [3.8, 4) is 0 Å². The van der Waals surface area contributed by atoms with E-state index in [4.69, 9.17) is 0 Å². The maximum Gasteiger partial charge on any atom is 0.416 e.